The zero-order chi connectivity index (χ0) is 16.8. The van der Waals surface area contributed by atoms with Crippen LogP contribution in [0.25, 0.3) is 0 Å². The first-order valence-corrected chi connectivity index (χ1v) is 9.05. The topological polar surface area (TPSA) is 41.1 Å². The normalized spacial score (nSPS) is 15.0. The summed E-state index contributed by atoms with van der Waals surface area (Å²) in [6.45, 7) is 6.35. The van der Waals surface area contributed by atoms with E-state index < -0.39 is 0 Å². The summed E-state index contributed by atoms with van der Waals surface area (Å²) in [6, 6.07) is 12.7. The van der Waals surface area contributed by atoms with Crippen molar-refractivity contribution < 1.29 is 4.79 Å². The van der Waals surface area contributed by atoms with Crippen molar-refractivity contribution in [3.8, 4) is 0 Å². The Balaban J connectivity index is 2.25. The summed E-state index contributed by atoms with van der Waals surface area (Å²) < 4.78 is 0. The van der Waals surface area contributed by atoms with Crippen LogP contribution in [0.1, 0.15) is 55.2 Å². The molecule has 0 unspecified atom stereocenters. The van der Waals surface area contributed by atoms with E-state index in [1.807, 2.05) is 13.0 Å². The number of likely N-dealkylation sites (N-methyl/N-ethyl adjacent to an activating group) is 1. The highest BCUT2D eigenvalue weighted by Gasteiger charge is 2.21. The van der Waals surface area contributed by atoms with E-state index in [-0.39, 0.29) is 18.0 Å². The second-order valence-corrected chi connectivity index (χ2v) is 6.91. The molecule has 0 bridgehead atoms. The van der Waals surface area contributed by atoms with Crippen molar-refractivity contribution in [1.29, 1.82) is 0 Å². The van der Waals surface area contributed by atoms with Crippen LogP contribution in [0.5, 0.6) is 0 Å². The van der Waals surface area contributed by atoms with Gasteiger partial charge in [-0.15, -0.1) is 11.3 Å². The van der Waals surface area contributed by atoms with E-state index in [0.717, 1.165) is 6.42 Å². The number of thiophene rings is 1. The second-order valence-electron chi connectivity index (χ2n) is 5.93. The van der Waals surface area contributed by atoms with Gasteiger partial charge in [0.15, 0.2) is 0 Å². The van der Waals surface area contributed by atoms with Crippen molar-refractivity contribution in [2.75, 3.05) is 7.05 Å². The number of nitrogens with one attached hydrogen (secondary N) is 2. The van der Waals surface area contributed by atoms with Gasteiger partial charge in [0.25, 0.3) is 0 Å². The number of carbonyl (C=O) groups excluding carboxylic acids is 1. The molecule has 0 spiro atoms. The highest BCUT2D eigenvalue weighted by atomic mass is 32.1. The van der Waals surface area contributed by atoms with Crippen molar-refractivity contribution in [1.82, 2.24) is 10.6 Å². The highest BCUT2D eigenvalue weighted by Crippen LogP contribution is 2.28. The number of hydrogen-bond donors (Lipinski definition) is 2. The number of carbonyl (C=O) groups is 1. The van der Waals surface area contributed by atoms with Gasteiger partial charge in [-0.1, -0.05) is 44.2 Å². The van der Waals surface area contributed by atoms with Crippen molar-refractivity contribution in [3.05, 3.63) is 57.8 Å². The average molecular weight is 330 g/mol. The van der Waals surface area contributed by atoms with Crippen molar-refractivity contribution in [2.24, 2.45) is 0 Å². The van der Waals surface area contributed by atoms with Crippen LogP contribution < -0.4 is 10.6 Å². The van der Waals surface area contributed by atoms with E-state index in [4.69, 9.17) is 0 Å². The first-order chi connectivity index (χ1) is 11.1. The lowest BCUT2D eigenvalue weighted by Gasteiger charge is -2.23. The third-order valence-corrected chi connectivity index (χ3v) is 5.27. The largest absolute Gasteiger partial charge is 0.358 e. The lowest BCUT2D eigenvalue weighted by atomic mass is 9.95. The molecule has 4 heteroatoms. The minimum Gasteiger partial charge on any atom is -0.358 e. The van der Waals surface area contributed by atoms with E-state index in [0.29, 0.717) is 5.92 Å². The fourth-order valence-electron chi connectivity index (χ4n) is 2.59. The number of hydrogen-bond acceptors (Lipinski definition) is 3. The Morgan fingerprint density at radius 3 is 2.30 bits per heavy atom. The molecule has 1 aromatic carbocycles. The zero-order valence-electron chi connectivity index (χ0n) is 14.3. The van der Waals surface area contributed by atoms with E-state index in [2.05, 4.69) is 60.2 Å². The molecule has 0 saturated carbocycles. The maximum absolute atomic E-state index is 11.9. The molecule has 3 atom stereocenters. The minimum atomic E-state index is -0.249. The molecular formula is C19H26N2OS. The maximum Gasteiger partial charge on any atom is 0.236 e. The summed E-state index contributed by atoms with van der Waals surface area (Å²) in [4.78, 5) is 13.1. The Kier molecular flexibility index (Phi) is 6.37. The van der Waals surface area contributed by atoms with Gasteiger partial charge in [-0.25, -0.2) is 0 Å². The van der Waals surface area contributed by atoms with Gasteiger partial charge in [-0.3, -0.25) is 10.1 Å². The van der Waals surface area contributed by atoms with Crippen LogP contribution in [0.4, 0.5) is 0 Å². The van der Waals surface area contributed by atoms with Crippen LogP contribution in [-0.2, 0) is 4.79 Å². The van der Waals surface area contributed by atoms with Crippen molar-refractivity contribution in [3.63, 3.8) is 0 Å². The maximum atomic E-state index is 11.9. The molecule has 0 radical (unpaired) electrons. The Hall–Kier alpha value is -1.65. The van der Waals surface area contributed by atoms with Gasteiger partial charge in [0.2, 0.25) is 5.91 Å². The molecule has 2 aromatic rings. The minimum absolute atomic E-state index is 0.00258. The smallest absolute Gasteiger partial charge is 0.236 e. The first-order valence-electron chi connectivity index (χ1n) is 8.17. The Labute approximate surface area is 143 Å². The third-order valence-electron chi connectivity index (χ3n) is 4.34. The molecule has 0 aliphatic heterocycles. The molecule has 0 fully saturated rings. The second kappa shape index (κ2) is 8.27. The molecule has 0 saturated heterocycles. The Morgan fingerprint density at radius 1 is 1.13 bits per heavy atom. The number of benzene rings is 1. The summed E-state index contributed by atoms with van der Waals surface area (Å²) in [5.41, 5.74) is 2.55. The molecule has 2 N–H and O–H groups in total. The third kappa shape index (κ3) is 4.43. The van der Waals surface area contributed by atoms with Crippen LogP contribution >= 0.6 is 11.3 Å². The molecule has 23 heavy (non-hydrogen) atoms. The molecule has 1 aromatic heterocycles. The molecule has 0 aliphatic carbocycles. The predicted octanol–water partition coefficient (Wildman–Crippen LogP) is 4.08. The predicted molar refractivity (Wildman–Crippen MR) is 98.0 cm³/mol. The van der Waals surface area contributed by atoms with Crippen molar-refractivity contribution >= 4 is 17.2 Å². The molecule has 2 rings (SSSR count). The van der Waals surface area contributed by atoms with Gasteiger partial charge < -0.3 is 5.32 Å². The summed E-state index contributed by atoms with van der Waals surface area (Å²) in [6.07, 6.45) is 1.14. The molecule has 1 amide bonds. The zero-order valence-corrected chi connectivity index (χ0v) is 15.1. The van der Waals surface area contributed by atoms with Crippen molar-refractivity contribution in [2.45, 2.75) is 45.2 Å². The van der Waals surface area contributed by atoms with Crippen LogP contribution in [0.15, 0.2) is 41.8 Å². The standard InChI is InChI=1S/C19H26N2OS/c1-5-13(2)15-8-10-16(11-9-15)18(17-7-6-12-23-17)21-14(3)19(22)20-4/h6-14,18,21H,5H2,1-4H3,(H,20,22)/t13-,14-,18-/m0/s1. The molecule has 3 nitrogen and oxygen atoms in total. The SMILES string of the molecule is CC[C@H](C)c1ccc([C@H](N[C@@H](C)C(=O)NC)c2cccs2)cc1. The lowest BCUT2D eigenvalue weighted by Crippen LogP contribution is -2.42. The quantitative estimate of drug-likeness (QED) is 0.803. The van der Waals surface area contributed by atoms with Gasteiger partial charge in [-0.2, -0.15) is 0 Å². The van der Waals surface area contributed by atoms with Crippen LogP contribution in [0, 0.1) is 0 Å². The number of amides is 1. The van der Waals surface area contributed by atoms with Gasteiger partial charge in [0.05, 0.1) is 12.1 Å². The summed E-state index contributed by atoms with van der Waals surface area (Å²) in [5, 5.41) is 8.22. The Morgan fingerprint density at radius 2 is 1.78 bits per heavy atom. The van der Waals surface area contributed by atoms with Gasteiger partial charge in [0, 0.05) is 11.9 Å². The average Bonchev–Trinajstić information content (AvgIpc) is 3.12. The van der Waals surface area contributed by atoms with E-state index in [1.54, 1.807) is 18.4 Å². The Bertz CT molecular complexity index is 607. The molecule has 1 heterocycles. The molecular weight excluding hydrogens is 304 g/mol. The van der Waals surface area contributed by atoms with Crippen LogP contribution in [0.3, 0.4) is 0 Å². The summed E-state index contributed by atoms with van der Waals surface area (Å²) >= 11 is 1.71. The highest BCUT2D eigenvalue weighted by molar-refractivity contribution is 7.10. The van der Waals surface area contributed by atoms with Gasteiger partial charge >= 0.3 is 0 Å². The van der Waals surface area contributed by atoms with Crippen LogP contribution in [0.2, 0.25) is 0 Å². The van der Waals surface area contributed by atoms with E-state index in [1.165, 1.54) is 16.0 Å². The van der Waals surface area contributed by atoms with Gasteiger partial charge in [0.1, 0.15) is 0 Å². The van der Waals surface area contributed by atoms with Gasteiger partial charge in [-0.05, 0) is 41.8 Å². The lowest BCUT2D eigenvalue weighted by molar-refractivity contribution is -0.122. The van der Waals surface area contributed by atoms with Crippen LogP contribution in [-0.4, -0.2) is 19.0 Å². The molecule has 124 valence electrons. The summed E-state index contributed by atoms with van der Waals surface area (Å²) in [5.74, 6) is 0.574. The number of rotatable bonds is 7. The monoisotopic (exact) mass is 330 g/mol. The fourth-order valence-corrected chi connectivity index (χ4v) is 3.40. The molecule has 0 aliphatic rings. The van der Waals surface area contributed by atoms with E-state index >= 15 is 0 Å². The summed E-state index contributed by atoms with van der Waals surface area (Å²) in [7, 11) is 1.67. The fraction of sp³-hybridized carbons (Fsp3) is 0.421. The first kappa shape index (κ1) is 17.7. The van der Waals surface area contributed by atoms with E-state index in [9.17, 15) is 4.79 Å².